The lowest BCUT2D eigenvalue weighted by Crippen LogP contribution is -2.30. The van der Waals surface area contributed by atoms with Crippen LogP contribution in [0.25, 0.3) is 5.69 Å². The van der Waals surface area contributed by atoms with Crippen LogP contribution in [0.1, 0.15) is 21.9 Å². The van der Waals surface area contributed by atoms with Gasteiger partial charge in [0, 0.05) is 38.0 Å². The fourth-order valence-corrected chi connectivity index (χ4v) is 3.16. The summed E-state index contributed by atoms with van der Waals surface area (Å²) in [6, 6.07) is 21.9. The highest BCUT2D eigenvalue weighted by molar-refractivity contribution is 5.92. The van der Waals surface area contributed by atoms with Gasteiger partial charge in [-0.15, -0.1) is 0 Å². The largest absolute Gasteiger partial charge is 0.350 e. The first-order valence-corrected chi connectivity index (χ1v) is 9.68. The van der Waals surface area contributed by atoms with Gasteiger partial charge < -0.3 is 9.88 Å². The average Bonchev–Trinajstić information content (AvgIpc) is 3.22. The van der Waals surface area contributed by atoms with Gasteiger partial charge in [-0.1, -0.05) is 48.5 Å². The van der Waals surface area contributed by atoms with E-state index in [0.29, 0.717) is 18.7 Å². The quantitative estimate of drug-likeness (QED) is 0.518. The van der Waals surface area contributed by atoms with Crippen LogP contribution < -0.4 is 10.9 Å². The lowest BCUT2D eigenvalue weighted by molar-refractivity contribution is 0.0947. The molecule has 0 saturated carbocycles. The predicted molar refractivity (Wildman–Crippen MR) is 114 cm³/mol. The van der Waals surface area contributed by atoms with Crippen molar-refractivity contribution in [2.24, 2.45) is 0 Å². The van der Waals surface area contributed by atoms with Gasteiger partial charge in [0.05, 0.1) is 5.69 Å². The van der Waals surface area contributed by atoms with Crippen molar-refractivity contribution < 1.29 is 4.79 Å². The normalized spacial score (nSPS) is 10.7. The Hall–Kier alpha value is -4.00. The molecule has 0 fully saturated rings. The van der Waals surface area contributed by atoms with Crippen LogP contribution in [0.4, 0.5) is 0 Å². The molecule has 0 atom stereocenters. The van der Waals surface area contributed by atoms with Gasteiger partial charge in [-0.3, -0.25) is 9.59 Å². The minimum absolute atomic E-state index is 0.186. The lowest BCUT2D eigenvalue weighted by atomic mass is 10.2. The van der Waals surface area contributed by atoms with E-state index in [1.54, 1.807) is 18.3 Å². The molecule has 1 amide bonds. The molecule has 0 unspecified atom stereocenters. The number of hydrogen-bond donors (Lipinski definition) is 1. The Morgan fingerprint density at radius 1 is 0.933 bits per heavy atom. The van der Waals surface area contributed by atoms with Crippen LogP contribution >= 0.6 is 0 Å². The molecule has 0 bridgehead atoms. The molecule has 1 N–H and O–H groups in total. The molecule has 0 spiro atoms. The monoisotopic (exact) mass is 399 g/mol. The Morgan fingerprint density at radius 2 is 1.67 bits per heavy atom. The standard InChI is InChI=1S/C23H21N5O2/c29-22-12-11-20(26-28(22)19-9-5-2-6-10-19)23(30)25-14-13-21-24-15-16-27(21)17-18-7-3-1-4-8-18/h1-12,15-16H,13-14,17H2,(H,25,30). The van der Waals surface area contributed by atoms with Crippen LogP contribution in [0.3, 0.4) is 0 Å². The molecule has 0 aliphatic carbocycles. The number of benzene rings is 2. The Labute approximate surface area is 173 Å². The molecular formula is C23H21N5O2. The maximum Gasteiger partial charge on any atom is 0.271 e. The van der Waals surface area contributed by atoms with Crippen molar-refractivity contribution in [2.75, 3.05) is 6.54 Å². The van der Waals surface area contributed by atoms with E-state index in [2.05, 4.69) is 32.1 Å². The topological polar surface area (TPSA) is 81.8 Å². The first-order chi connectivity index (χ1) is 14.7. The van der Waals surface area contributed by atoms with Gasteiger partial charge in [0.25, 0.3) is 11.5 Å². The zero-order valence-electron chi connectivity index (χ0n) is 16.3. The fraction of sp³-hybridized carbons (Fsp3) is 0.130. The number of nitrogens with one attached hydrogen (secondary N) is 1. The minimum Gasteiger partial charge on any atom is -0.350 e. The van der Waals surface area contributed by atoms with Crippen LogP contribution in [0.2, 0.25) is 0 Å². The lowest BCUT2D eigenvalue weighted by Gasteiger charge is -2.10. The Bertz CT molecular complexity index is 1180. The molecule has 7 nitrogen and oxygen atoms in total. The molecule has 0 saturated heterocycles. The number of aromatic nitrogens is 4. The van der Waals surface area contributed by atoms with E-state index in [4.69, 9.17) is 0 Å². The third kappa shape index (κ3) is 4.52. The number of carbonyl (C=O) groups excluding carboxylic acids is 1. The molecule has 0 aliphatic rings. The fourth-order valence-electron chi connectivity index (χ4n) is 3.16. The summed E-state index contributed by atoms with van der Waals surface area (Å²) in [6.07, 6.45) is 4.28. The van der Waals surface area contributed by atoms with Gasteiger partial charge in [-0.2, -0.15) is 9.78 Å². The Balaban J connectivity index is 1.39. The van der Waals surface area contributed by atoms with Crippen molar-refractivity contribution in [1.82, 2.24) is 24.6 Å². The summed E-state index contributed by atoms with van der Waals surface area (Å²) < 4.78 is 3.29. The molecule has 150 valence electrons. The first-order valence-electron chi connectivity index (χ1n) is 9.68. The van der Waals surface area contributed by atoms with Crippen molar-refractivity contribution >= 4 is 5.91 Å². The number of imidazole rings is 1. The predicted octanol–water partition coefficient (Wildman–Crippen LogP) is 2.45. The smallest absolute Gasteiger partial charge is 0.271 e. The molecule has 0 aliphatic heterocycles. The second kappa shape index (κ2) is 9.00. The molecule has 7 heteroatoms. The number of carbonyl (C=O) groups is 1. The summed E-state index contributed by atoms with van der Waals surface area (Å²) in [7, 11) is 0. The maximum atomic E-state index is 12.5. The molecule has 2 aromatic carbocycles. The van der Waals surface area contributed by atoms with Crippen molar-refractivity contribution in [2.45, 2.75) is 13.0 Å². The van der Waals surface area contributed by atoms with Crippen LogP contribution in [-0.4, -0.2) is 31.8 Å². The first kappa shape index (κ1) is 19.3. The van der Waals surface area contributed by atoms with E-state index in [1.807, 2.05) is 42.6 Å². The average molecular weight is 399 g/mol. The van der Waals surface area contributed by atoms with Gasteiger partial charge in [0.15, 0.2) is 0 Å². The van der Waals surface area contributed by atoms with Gasteiger partial charge in [-0.05, 0) is 23.8 Å². The third-order valence-electron chi connectivity index (χ3n) is 4.67. The molecule has 4 aromatic rings. The molecule has 30 heavy (non-hydrogen) atoms. The molecule has 2 aromatic heterocycles. The Morgan fingerprint density at radius 3 is 2.43 bits per heavy atom. The van der Waals surface area contributed by atoms with Crippen molar-refractivity contribution in [1.29, 1.82) is 0 Å². The van der Waals surface area contributed by atoms with E-state index in [1.165, 1.54) is 22.4 Å². The number of amides is 1. The summed E-state index contributed by atoms with van der Waals surface area (Å²) in [4.78, 5) is 29.0. The number of hydrogen-bond acceptors (Lipinski definition) is 4. The summed E-state index contributed by atoms with van der Waals surface area (Å²) in [5.41, 5.74) is 1.69. The molecular weight excluding hydrogens is 378 g/mol. The van der Waals surface area contributed by atoms with E-state index in [-0.39, 0.29) is 17.2 Å². The summed E-state index contributed by atoms with van der Waals surface area (Å²) in [6.45, 7) is 1.14. The van der Waals surface area contributed by atoms with Crippen LogP contribution in [0.5, 0.6) is 0 Å². The molecule has 2 heterocycles. The van der Waals surface area contributed by atoms with Crippen molar-refractivity contribution in [3.63, 3.8) is 0 Å². The number of nitrogens with zero attached hydrogens (tertiary/aromatic N) is 4. The highest BCUT2D eigenvalue weighted by Crippen LogP contribution is 2.06. The number of para-hydroxylation sites is 1. The summed E-state index contributed by atoms with van der Waals surface area (Å²) in [5.74, 6) is 0.558. The summed E-state index contributed by atoms with van der Waals surface area (Å²) in [5, 5.41) is 7.06. The zero-order chi connectivity index (χ0) is 20.8. The van der Waals surface area contributed by atoms with Crippen LogP contribution in [0, 0.1) is 0 Å². The zero-order valence-corrected chi connectivity index (χ0v) is 16.3. The van der Waals surface area contributed by atoms with Gasteiger partial charge >= 0.3 is 0 Å². The van der Waals surface area contributed by atoms with Crippen LogP contribution in [-0.2, 0) is 13.0 Å². The number of rotatable bonds is 7. The second-order valence-electron chi connectivity index (χ2n) is 6.77. The van der Waals surface area contributed by atoms with Gasteiger partial charge in [0.1, 0.15) is 11.5 Å². The van der Waals surface area contributed by atoms with E-state index in [9.17, 15) is 9.59 Å². The van der Waals surface area contributed by atoms with E-state index in [0.717, 1.165) is 12.4 Å². The molecule has 4 rings (SSSR count). The van der Waals surface area contributed by atoms with E-state index >= 15 is 0 Å². The van der Waals surface area contributed by atoms with Crippen molar-refractivity contribution in [3.05, 3.63) is 113 Å². The van der Waals surface area contributed by atoms with E-state index < -0.39 is 0 Å². The van der Waals surface area contributed by atoms with Gasteiger partial charge in [-0.25, -0.2) is 4.98 Å². The maximum absolute atomic E-state index is 12.5. The molecule has 0 radical (unpaired) electrons. The highest BCUT2D eigenvalue weighted by atomic mass is 16.2. The highest BCUT2D eigenvalue weighted by Gasteiger charge is 2.11. The minimum atomic E-state index is -0.333. The van der Waals surface area contributed by atoms with Gasteiger partial charge in [0.2, 0.25) is 0 Å². The summed E-state index contributed by atoms with van der Waals surface area (Å²) >= 11 is 0. The third-order valence-corrected chi connectivity index (χ3v) is 4.67. The Kier molecular flexibility index (Phi) is 5.80. The van der Waals surface area contributed by atoms with Crippen LogP contribution in [0.15, 0.2) is 90.0 Å². The SMILES string of the molecule is O=C(NCCc1nccn1Cc1ccccc1)c1ccc(=O)n(-c2ccccc2)n1. The van der Waals surface area contributed by atoms with Crippen molar-refractivity contribution in [3.8, 4) is 5.69 Å². The second-order valence-corrected chi connectivity index (χ2v) is 6.77.